The van der Waals surface area contributed by atoms with E-state index in [2.05, 4.69) is 15.6 Å². The first-order chi connectivity index (χ1) is 12.0. The average molecular weight is 343 g/mol. The van der Waals surface area contributed by atoms with Crippen LogP contribution in [0.25, 0.3) is 0 Å². The molecule has 0 unspecified atom stereocenters. The molecule has 2 fully saturated rings. The van der Waals surface area contributed by atoms with Gasteiger partial charge in [0.2, 0.25) is 0 Å². The summed E-state index contributed by atoms with van der Waals surface area (Å²) >= 11 is 0. The van der Waals surface area contributed by atoms with E-state index in [1.165, 1.54) is 0 Å². The highest BCUT2D eigenvalue weighted by Gasteiger charge is 2.39. The van der Waals surface area contributed by atoms with Crippen LogP contribution in [0.1, 0.15) is 54.7 Å². The minimum Gasteiger partial charge on any atom is -0.383 e. The van der Waals surface area contributed by atoms with Crippen LogP contribution in [0.15, 0.2) is 24.5 Å². The second-order valence-corrected chi connectivity index (χ2v) is 7.49. The molecule has 7 heteroatoms. The molecule has 0 aliphatic heterocycles. The fraction of sp³-hybridized carbons (Fsp3) is 0.611. The monoisotopic (exact) mass is 343 g/mol. The van der Waals surface area contributed by atoms with Gasteiger partial charge in [-0.2, -0.15) is 0 Å². The number of amides is 1. The Morgan fingerprint density at radius 1 is 1.40 bits per heavy atom. The first-order valence-electron chi connectivity index (χ1n) is 9.10. The minimum atomic E-state index is -0.770. The van der Waals surface area contributed by atoms with E-state index in [0.29, 0.717) is 17.3 Å². The Hall–Kier alpha value is -2.15. The third kappa shape index (κ3) is 3.08. The number of aromatic nitrogens is 4. The Kier molecular flexibility index (Phi) is 4.11. The Labute approximate surface area is 147 Å². The van der Waals surface area contributed by atoms with Crippen LogP contribution < -0.4 is 5.32 Å². The number of hydrogen-bond donors (Lipinski definition) is 2. The van der Waals surface area contributed by atoms with Crippen LogP contribution in [0.5, 0.6) is 0 Å². The lowest BCUT2D eigenvalue weighted by atomic mass is 9.78. The van der Waals surface area contributed by atoms with Crippen LogP contribution in [-0.2, 0) is 19.2 Å². The van der Waals surface area contributed by atoms with Crippen LogP contribution in [-0.4, -0.2) is 36.6 Å². The maximum absolute atomic E-state index is 12.5. The summed E-state index contributed by atoms with van der Waals surface area (Å²) in [6, 6.07) is 3.87. The molecule has 2 aliphatic rings. The van der Waals surface area contributed by atoms with Crippen molar-refractivity contribution in [3.8, 4) is 0 Å². The van der Waals surface area contributed by atoms with E-state index in [0.717, 1.165) is 45.1 Å². The molecule has 2 atom stereocenters. The third-order valence-electron chi connectivity index (χ3n) is 5.77. The lowest BCUT2D eigenvalue weighted by Crippen LogP contribution is -2.39. The second-order valence-electron chi connectivity index (χ2n) is 7.49. The molecule has 4 rings (SSSR count). The summed E-state index contributed by atoms with van der Waals surface area (Å²) in [7, 11) is 1.88. The molecule has 0 bridgehead atoms. The molecule has 7 nitrogen and oxygen atoms in total. The lowest BCUT2D eigenvalue weighted by Gasteiger charge is -2.34. The van der Waals surface area contributed by atoms with Crippen molar-refractivity contribution in [1.82, 2.24) is 24.9 Å². The van der Waals surface area contributed by atoms with Crippen molar-refractivity contribution in [1.29, 1.82) is 0 Å². The maximum atomic E-state index is 12.5. The normalized spacial score (nSPS) is 24.9. The van der Waals surface area contributed by atoms with Crippen molar-refractivity contribution in [2.45, 2.75) is 56.7 Å². The maximum Gasteiger partial charge on any atom is 0.268 e. The van der Waals surface area contributed by atoms with Crippen molar-refractivity contribution >= 4 is 5.91 Å². The van der Waals surface area contributed by atoms with Gasteiger partial charge in [-0.15, -0.1) is 5.10 Å². The van der Waals surface area contributed by atoms with E-state index < -0.39 is 5.60 Å². The molecule has 0 radical (unpaired) electrons. The van der Waals surface area contributed by atoms with Gasteiger partial charge in [0.1, 0.15) is 17.0 Å². The van der Waals surface area contributed by atoms with Crippen LogP contribution in [0.4, 0.5) is 0 Å². The molecule has 1 amide bonds. The van der Waals surface area contributed by atoms with Crippen molar-refractivity contribution in [3.05, 3.63) is 35.9 Å². The van der Waals surface area contributed by atoms with Gasteiger partial charge in [-0.1, -0.05) is 11.6 Å². The van der Waals surface area contributed by atoms with E-state index >= 15 is 0 Å². The largest absolute Gasteiger partial charge is 0.383 e. The zero-order valence-electron chi connectivity index (χ0n) is 14.6. The predicted octanol–water partition coefficient (Wildman–Crippen LogP) is 1.59. The summed E-state index contributed by atoms with van der Waals surface area (Å²) in [6.07, 6.45) is 9.49. The van der Waals surface area contributed by atoms with Crippen molar-refractivity contribution in [2.75, 3.05) is 0 Å². The Morgan fingerprint density at radius 3 is 2.92 bits per heavy atom. The fourth-order valence-corrected chi connectivity index (χ4v) is 3.99. The van der Waals surface area contributed by atoms with E-state index in [1.54, 1.807) is 0 Å². The highest BCUT2D eigenvalue weighted by Crippen LogP contribution is 2.39. The summed E-state index contributed by atoms with van der Waals surface area (Å²) in [5.74, 6) is 0.322. The number of nitrogens with one attached hydrogen (secondary N) is 1. The molecule has 0 aromatic carbocycles. The number of carbonyl (C=O) groups is 1. The summed E-state index contributed by atoms with van der Waals surface area (Å²) in [4.78, 5) is 12.5. The number of carbonyl (C=O) groups excluding carboxylic acids is 1. The molecule has 2 saturated carbocycles. The molecular formula is C18H25N5O2. The average Bonchev–Trinajstić information content (AvgIpc) is 3.28. The molecule has 0 spiro atoms. The Bertz CT molecular complexity index is 761. The standard InChI is InChI=1S/C18H25N5O2/c1-22-10-3-7-15(22)17(24)19-14-6-2-5-13(14)11-23-12-16(20-21-23)18(25)8-4-9-18/h3,7,10,12-14,25H,2,4-6,8-9,11H2,1H3,(H,19,24)/t13-,14-/m1/s1. The topological polar surface area (TPSA) is 85.0 Å². The van der Waals surface area contributed by atoms with Crippen LogP contribution >= 0.6 is 0 Å². The zero-order chi connectivity index (χ0) is 17.4. The van der Waals surface area contributed by atoms with Crippen molar-refractivity contribution in [3.63, 3.8) is 0 Å². The molecule has 25 heavy (non-hydrogen) atoms. The highest BCUT2D eigenvalue weighted by atomic mass is 16.3. The van der Waals surface area contributed by atoms with E-state index in [1.807, 2.05) is 40.8 Å². The van der Waals surface area contributed by atoms with Gasteiger partial charge in [0.15, 0.2) is 0 Å². The van der Waals surface area contributed by atoms with Crippen molar-refractivity contribution in [2.24, 2.45) is 13.0 Å². The summed E-state index contributed by atoms with van der Waals surface area (Å²) in [5.41, 5.74) is 0.593. The lowest BCUT2D eigenvalue weighted by molar-refractivity contribution is -0.0427. The predicted molar refractivity (Wildman–Crippen MR) is 91.8 cm³/mol. The Balaban J connectivity index is 1.40. The molecule has 2 heterocycles. The third-order valence-corrected chi connectivity index (χ3v) is 5.77. The molecule has 2 N–H and O–H groups in total. The number of aryl methyl sites for hydroxylation is 1. The van der Waals surface area contributed by atoms with Crippen LogP contribution in [0.3, 0.4) is 0 Å². The first kappa shape index (κ1) is 16.3. The van der Waals surface area contributed by atoms with Gasteiger partial charge >= 0.3 is 0 Å². The zero-order valence-corrected chi connectivity index (χ0v) is 14.6. The van der Waals surface area contributed by atoms with Gasteiger partial charge < -0.3 is 15.0 Å². The summed E-state index contributed by atoms with van der Waals surface area (Å²) < 4.78 is 3.66. The number of nitrogens with zero attached hydrogens (tertiary/aromatic N) is 4. The van der Waals surface area contributed by atoms with Gasteiger partial charge in [-0.25, -0.2) is 0 Å². The first-order valence-corrected chi connectivity index (χ1v) is 9.10. The highest BCUT2D eigenvalue weighted by molar-refractivity contribution is 5.92. The number of aliphatic hydroxyl groups is 1. The molecule has 0 saturated heterocycles. The molecule has 2 aromatic rings. The smallest absolute Gasteiger partial charge is 0.268 e. The molecular weight excluding hydrogens is 318 g/mol. The van der Waals surface area contributed by atoms with Crippen molar-refractivity contribution < 1.29 is 9.90 Å². The molecule has 2 aromatic heterocycles. The van der Waals surface area contributed by atoms with E-state index in [4.69, 9.17) is 0 Å². The van der Waals surface area contributed by atoms with Gasteiger partial charge in [0.25, 0.3) is 5.91 Å². The molecule has 2 aliphatic carbocycles. The van der Waals surface area contributed by atoms with Gasteiger partial charge in [-0.3, -0.25) is 9.48 Å². The number of hydrogen-bond acceptors (Lipinski definition) is 4. The fourth-order valence-electron chi connectivity index (χ4n) is 3.99. The van der Waals surface area contributed by atoms with Gasteiger partial charge in [0.05, 0.1) is 6.20 Å². The SMILES string of the molecule is Cn1cccc1C(=O)N[C@@H]1CCC[C@@H]1Cn1cc(C2(O)CCC2)nn1. The molecule has 134 valence electrons. The Morgan fingerprint density at radius 2 is 2.24 bits per heavy atom. The van der Waals surface area contributed by atoms with Crippen LogP contribution in [0, 0.1) is 5.92 Å². The van der Waals surface area contributed by atoms with Gasteiger partial charge in [0, 0.05) is 25.8 Å². The van der Waals surface area contributed by atoms with E-state index in [9.17, 15) is 9.90 Å². The number of rotatable bonds is 5. The summed E-state index contributed by atoms with van der Waals surface area (Å²) in [5, 5.41) is 21.9. The minimum absolute atomic E-state index is 0.0209. The van der Waals surface area contributed by atoms with Gasteiger partial charge in [-0.05, 0) is 50.2 Å². The second kappa shape index (κ2) is 6.29. The van der Waals surface area contributed by atoms with E-state index in [-0.39, 0.29) is 11.9 Å². The van der Waals surface area contributed by atoms with Crippen LogP contribution in [0.2, 0.25) is 0 Å². The summed E-state index contributed by atoms with van der Waals surface area (Å²) in [6.45, 7) is 0.723. The quantitative estimate of drug-likeness (QED) is 0.863.